The molecule has 1 radical (unpaired) electrons. The van der Waals surface area contributed by atoms with Crippen LogP contribution < -0.4 is 4.74 Å². The van der Waals surface area contributed by atoms with Crippen LogP contribution in [0.4, 0.5) is 0 Å². The van der Waals surface area contributed by atoms with E-state index >= 15 is 0 Å². The summed E-state index contributed by atoms with van der Waals surface area (Å²) in [5.41, 5.74) is 0. The predicted molar refractivity (Wildman–Crippen MR) is 53.8 cm³/mol. The molecule has 0 heterocycles. The van der Waals surface area contributed by atoms with Crippen LogP contribution in [-0.4, -0.2) is 6.61 Å². The van der Waals surface area contributed by atoms with Gasteiger partial charge in [-0.25, -0.2) is 0 Å². The molecule has 0 fully saturated rings. The summed E-state index contributed by atoms with van der Waals surface area (Å²) in [6.07, 6.45) is 1.05. The van der Waals surface area contributed by atoms with Gasteiger partial charge in [0.2, 0.25) is 0 Å². The molecule has 1 rings (SSSR count). The molecule has 0 bridgehead atoms. The van der Waals surface area contributed by atoms with Gasteiger partial charge in [-0.2, -0.15) is 0 Å². The van der Waals surface area contributed by atoms with E-state index in [0.717, 1.165) is 22.3 Å². The zero-order chi connectivity index (χ0) is 8.10. The van der Waals surface area contributed by atoms with E-state index in [2.05, 4.69) is 35.6 Å². The Morgan fingerprint density at radius 1 is 1.55 bits per heavy atom. The fourth-order valence-corrected chi connectivity index (χ4v) is 1.21. The van der Waals surface area contributed by atoms with Crippen LogP contribution in [0.15, 0.2) is 18.2 Å². The average Bonchev–Trinajstić information content (AvgIpc) is 2.01. The SMILES string of the molecule is CCCOc1c[c]cc(I)c1. The Morgan fingerprint density at radius 3 is 3.00 bits per heavy atom. The minimum atomic E-state index is 0.786. The Balaban J connectivity index is 2.56. The molecule has 0 saturated heterocycles. The largest absolute Gasteiger partial charge is 0.494 e. The molecule has 0 aromatic heterocycles. The first-order valence-corrected chi connectivity index (χ1v) is 4.70. The highest BCUT2D eigenvalue weighted by molar-refractivity contribution is 14.1. The highest BCUT2D eigenvalue weighted by atomic mass is 127. The lowest BCUT2D eigenvalue weighted by Gasteiger charge is -2.03. The molecule has 0 spiro atoms. The van der Waals surface area contributed by atoms with Gasteiger partial charge in [0.1, 0.15) is 5.75 Å². The lowest BCUT2D eigenvalue weighted by molar-refractivity contribution is 0.317. The van der Waals surface area contributed by atoms with Gasteiger partial charge in [0.25, 0.3) is 0 Å². The van der Waals surface area contributed by atoms with E-state index in [-0.39, 0.29) is 0 Å². The van der Waals surface area contributed by atoms with Crippen molar-refractivity contribution in [3.63, 3.8) is 0 Å². The Morgan fingerprint density at radius 2 is 2.36 bits per heavy atom. The third-order valence-electron chi connectivity index (χ3n) is 1.20. The molecular weight excluding hydrogens is 251 g/mol. The van der Waals surface area contributed by atoms with Gasteiger partial charge in [0.15, 0.2) is 0 Å². The molecule has 1 aromatic carbocycles. The number of ether oxygens (including phenoxy) is 1. The first kappa shape index (κ1) is 8.84. The van der Waals surface area contributed by atoms with Crippen molar-refractivity contribution in [1.29, 1.82) is 0 Å². The molecular formula is C9H10IO. The molecule has 2 heteroatoms. The number of hydrogen-bond donors (Lipinski definition) is 0. The highest BCUT2D eigenvalue weighted by Gasteiger charge is 1.92. The van der Waals surface area contributed by atoms with Crippen molar-refractivity contribution in [3.05, 3.63) is 27.8 Å². The van der Waals surface area contributed by atoms with Crippen LogP contribution in [-0.2, 0) is 0 Å². The second kappa shape index (κ2) is 4.59. The molecule has 59 valence electrons. The smallest absolute Gasteiger partial charge is 0.120 e. The van der Waals surface area contributed by atoms with Crippen LogP contribution in [0.1, 0.15) is 13.3 Å². The summed E-state index contributed by atoms with van der Waals surface area (Å²) in [5.74, 6) is 0.916. The van der Waals surface area contributed by atoms with Crippen molar-refractivity contribution in [2.24, 2.45) is 0 Å². The highest BCUT2D eigenvalue weighted by Crippen LogP contribution is 2.14. The zero-order valence-corrected chi connectivity index (χ0v) is 8.59. The van der Waals surface area contributed by atoms with Crippen molar-refractivity contribution in [2.45, 2.75) is 13.3 Å². The third kappa shape index (κ3) is 3.10. The molecule has 0 amide bonds. The molecule has 11 heavy (non-hydrogen) atoms. The number of benzene rings is 1. The summed E-state index contributed by atoms with van der Waals surface area (Å²) >= 11 is 2.25. The van der Waals surface area contributed by atoms with Gasteiger partial charge in [-0.15, -0.1) is 0 Å². The van der Waals surface area contributed by atoms with Crippen molar-refractivity contribution in [3.8, 4) is 5.75 Å². The normalized spacial score (nSPS) is 9.64. The van der Waals surface area contributed by atoms with Gasteiger partial charge >= 0.3 is 0 Å². The molecule has 0 aliphatic heterocycles. The average molecular weight is 261 g/mol. The Labute approximate surface area is 80.9 Å². The van der Waals surface area contributed by atoms with E-state index in [0.29, 0.717) is 0 Å². The standard InChI is InChI=1S/C9H10IO/c1-2-6-11-9-5-3-4-8(10)7-9/h4-5,7H,2,6H2,1H3. The maximum atomic E-state index is 5.40. The maximum absolute atomic E-state index is 5.40. The minimum absolute atomic E-state index is 0.786. The topological polar surface area (TPSA) is 9.23 Å². The Hall–Kier alpha value is -0.250. The second-order valence-corrected chi connectivity index (χ2v) is 3.48. The quantitative estimate of drug-likeness (QED) is 0.760. The predicted octanol–water partition coefficient (Wildman–Crippen LogP) is 2.88. The van der Waals surface area contributed by atoms with Gasteiger partial charge in [-0.05, 0) is 53.3 Å². The fourth-order valence-electron chi connectivity index (χ4n) is 0.726. The monoisotopic (exact) mass is 261 g/mol. The molecule has 1 nitrogen and oxygen atoms in total. The first-order chi connectivity index (χ1) is 5.33. The molecule has 0 aliphatic carbocycles. The van der Waals surface area contributed by atoms with E-state index in [1.165, 1.54) is 0 Å². The minimum Gasteiger partial charge on any atom is -0.494 e. The summed E-state index contributed by atoms with van der Waals surface area (Å²) in [7, 11) is 0. The van der Waals surface area contributed by atoms with Crippen molar-refractivity contribution in [1.82, 2.24) is 0 Å². The van der Waals surface area contributed by atoms with Crippen LogP contribution in [0.3, 0.4) is 0 Å². The third-order valence-corrected chi connectivity index (χ3v) is 1.82. The van der Waals surface area contributed by atoms with Gasteiger partial charge in [-0.1, -0.05) is 6.92 Å². The van der Waals surface area contributed by atoms with E-state index in [9.17, 15) is 0 Å². The molecule has 0 N–H and O–H groups in total. The van der Waals surface area contributed by atoms with Gasteiger partial charge in [0, 0.05) is 3.57 Å². The second-order valence-electron chi connectivity index (χ2n) is 2.24. The maximum Gasteiger partial charge on any atom is 0.120 e. The van der Waals surface area contributed by atoms with E-state index in [4.69, 9.17) is 4.74 Å². The zero-order valence-electron chi connectivity index (χ0n) is 6.43. The van der Waals surface area contributed by atoms with Gasteiger partial charge in [-0.3, -0.25) is 0 Å². The van der Waals surface area contributed by atoms with E-state index < -0.39 is 0 Å². The molecule has 0 saturated carbocycles. The molecule has 0 unspecified atom stereocenters. The number of hydrogen-bond acceptors (Lipinski definition) is 1. The molecule has 0 atom stereocenters. The fraction of sp³-hybridized carbons (Fsp3) is 0.333. The number of rotatable bonds is 3. The van der Waals surface area contributed by atoms with Crippen molar-refractivity contribution < 1.29 is 4.74 Å². The van der Waals surface area contributed by atoms with Crippen LogP contribution in [0.25, 0.3) is 0 Å². The van der Waals surface area contributed by atoms with E-state index in [1.807, 2.05) is 18.2 Å². The summed E-state index contributed by atoms with van der Waals surface area (Å²) in [4.78, 5) is 0. The number of halogens is 1. The van der Waals surface area contributed by atoms with Crippen molar-refractivity contribution >= 4 is 22.6 Å². The molecule has 0 aliphatic rings. The summed E-state index contributed by atoms with van der Waals surface area (Å²) in [6, 6.07) is 8.80. The molecule has 1 aromatic rings. The van der Waals surface area contributed by atoms with Gasteiger partial charge < -0.3 is 4.74 Å². The van der Waals surface area contributed by atoms with Crippen LogP contribution >= 0.6 is 22.6 Å². The summed E-state index contributed by atoms with van der Waals surface area (Å²) in [5, 5.41) is 0. The summed E-state index contributed by atoms with van der Waals surface area (Å²) < 4.78 is 6.56. The van der Waals surface area contributed by atoms with Crippen LogP contribution in [0, 0.1) is 9.64 Å². The lowest BCUT2D eigenvalue weighted by atomic mass is 10.3. The van der Waals surface area contributed by atoms with E-state index in [1.54, 1.807) is 0 Å². The Bertz CT molecular complexity index is 223. The summed E-state index contributed by atoms with van der Waals surface area (Å²) in [6.45, 7) is 2.88. The lowest BCUT2D eigenvalue weighted by Crippen LogP contribution is -1.94. The van der Waals surface area contributed by atoms with Gasteiger partial charge in [0.05, 0.1) is 6.61 Å². The van der Waals surface area contributed by atoms with Crippen LogP contribution in [0.2, 0.25) is 0 Å². The first-order valence-electron chi connectivity index (χ1n) is 3.62. The Kier molecular flexibility index (Phi) is 3.69. The van der Waals surface area contributed by atoms with Crippen molar-refractivity contribution in [2.75, 3.05) is 6.61 Å². The van der Waals surface area contributed by atoms with Crippen LogP contribution in [0.5, 0.6) is 5.75 Å².